The summed E-state index contributed by atoms with van der Waals surface area (Å²) in [4.78, 5) is 19.4. The molecule has 0 amide bonds. The second kappa shape index (κ2) is 8.13. The molecule has 0 bridgehead atoms. The lowest BCUT2D eigenvalue weighted by molar-refractivity contribution is -0.131. The van der Waals surface area contributed by atoms with Crippen molar-refractivity contribution in [3.05, 3.63) is 65.6 Å². The fourth-order valence-electron chi connectivity index (χ4n) is 2.45. The molecule has 3 rings (SSSR count). The van der Waals surface area contributed by atoms with Gasteiger partial charge >= 0.3 is 5.97 Å². The van der Waals surface area contributed by atoms with Crippen molar-refractivity contribution in [2.45, 2.75) is 13.5 Å². The summed E-state index contributed by atoms with van der Waals surface area (Å²) in [5.41, 5.74) is 2.57. The summed E-state index contributed by atoms with van der Waals surface area (Å²) >= 11 is 0. The fourth-order valence-corrected chi connectivity index (χ4v) is 2.45. The first-order valence-electron chi connectivity index (χ1n) is 8.22. The third kappa shape index (κ3) is 4.49. The molecular formula is C19H19N5O3. The normalized spacial score (nSPS) is 10.9. The van der Waals surface area contributed by atoms with E-state index in [4.69, 9.17) is 9.84 Å². The first-order chi connectivity index (χ1) is 13.1. The van der Waals surface area contributed by atoms with Gasteiger partial charge in [0.1, 0.15) is 5.75 Å². The van der Waals surface area contributed by atoms with E-state index in [-0.39, 0.29) is 0 Å². The first-order valence-corrected chi connectivity index (χ1v) is 8.22. The molecule has 2 heterocycles. The first kappa shape index (κ1) is 18.1. The van der Waals surface area contributed by atoms with Crippen molar-refractivity contribution in [1.29, 1.82) is 0 Å². The van der Waals surface area contributed by atoms with Crippen molar-refractivity contribution in [3.8, 4) is 11.6 Å². The van der Waals surface area contributed by atoms with Gasteiger partial charge in [-0.25, -0.2) is 14.5 Å². The number of aliphatic carboxylic acids is 1. The summed E-state index contributed by atoms with van der Waals surface area (Å²) in [5.74, 6) is 0.865. The van der Waals surface area contributed by atoms with E-state index in [0.29, 0.717) is 23.9 Å². The van der Waals surface area contributed by atoms with E-state index in [1.807, 2.05) is 31.2 Å². The number of carboxylic acids is 1. The smallest absolute Gasteiger partial charge is 0.328 e. The number of carbonyl (C=O) groups is 1. The molecule has 0 spiro atoms. The third-order valence-electron chi connectivity index (χ3n) is 3.92. The Hall–Kier alpha value is -3.68. The molecule has 0 fully saturated rings. The Balaban J connectivity index is 1.74. The van der Waals surface area contributed by atoms with Crippen LogP contribution in [0.3, 0.4) is 0 Å². The van der Waals surface area contributed by atoms with Crippen LogP contribution >= 0.6 is 0 Å². The van der Waals surface area contributed by atoms with Gasteiger partial charge < -0.3 is 15.2 Å². The predicted molar refractivity (Wildman–Crippen MR) is 101 cm³/mol. The fraction of sp³-hybridized carbons (Fsp3) is 0.158. The lowest BCUT2D eigenvalue weighted by Crippen LogP contribution is -2.07. The monoisotopic (exact) mass is 365 g/mol. The van der Waals surface area contributed by atoms with Crippen LogP contribution in [0.4, 0.5) is 5.95 Å². The number of ether oxygens (including phenoxy) is 1. The van der Waals surface area contributed by atoms with Crippen LogP contribution < -0.4 is 10.1 Å². The summed E-state index contributed by atoms with van der Waals surface area (Å²) < 4.78 is 6.79. The van der Waals surface area contributed by atoms with Crippen molar-refractivity contribution >= 4 is 18.0 Å². The number of carboxylic acid groups (broad SMARTS) is 1. The van der Waals surface area contributed by atoms with Gasteiger partial charge in [-0.15, -0.1) is 0 Å². The highest BCUT2D eigenvalue weighted by atomic mass is 16.5. The van der Waals surface area contributed by atoms with Crippen LogP contribution in [0.1, 0.15) is 16.8 Å². The van der Waals surface area contributed by atoms with E-state index >= 15 is 0 Å². The van der Waals surface area contributed by atoms with Crippen LogP contribution in [0.25, 0.3) is 11.9 Å². The van der Waals surface area contributed by atoms with Gasteiger partial charge in [-0.3, -0.25) is 0 Å². The molecule has 8 nitrogen and oxygen atoms in total. The highest BCUT2D eigenvalue weighted by Gasteiger charge is 2.09. The maximum atomic E-state index is 10.7. The molecule has 8 heteroatoms. The van der Waals surface area contributed by atoms with Gasteiger partial charge in [0.25, 0.3) is 0 Å². The number of nitrogens with zero attached hydrogens (tertiary/aromatic N) is 4. The summed E-state index contributed by atoms with van der Waals surface area (Å²) in [5, 5.41) is 16.2. The third-order valence-corrected chi connectivity index (χ3v) is 3.92. The minimum absolute atomic E-state index is 0.473. The molecule has 27 heavy (non-hydrogen) atoms. The number of aromatic nitrogens is 4. The number of hydrogen-bond acceptors (Lipinski definition) is 6. The van der Waals surface area contributed by atoms with Gasteiger partial charge in [0.15, 0.2) is 5.82 Å². The van der Waals surface area contributed by atoms with Crippen LogP contribution in [-0.4, -0.2) is 37.9 Å². The van der Waals surface area contributed by atoms with E-state index < -0.39 is 5.97 Å². The Kier molecular flexibility index (Phi) is 5.46. The average Bonchev–Trinajstić information content (AvgIpc) is 3.06. The molecule has 0 radical (unpaired) electrons. The number of methoxy groups -OCH3 is 1. The molecule has 0 aliphatic carbocycles. The Morgan fingerprint density at radius 3 is 2.78 bits per heavy atom. The lowest BCUT2D eigenvalue weighted by atomic mass is 10.2. The maximum absolute atomic E-state index is 10.7. The predicted octanol–water partition coefficient (Wildman–Crippen LogP) is 2.69. The van der Waals surface area contributed by atoms with Crippen LogP contribution in [0.2, 0.25) is 0 Å². The van der Waals surface area contributed by atoms with E-state index in [1.54, 1.807) is 30.3 Å². The summed E-state index contributed by atoms with van der Waals surface area (Å²) in [7, 11) is 1.63. The van der Waals surface area contributed by atoms with Crippen LogP contribution in [0.5, 0.6) is 5.75 Å². The number of benzene rings is 1. The van der Waals surface area contributed by atoms with Gasteiger partial charge in [-0.2, -0.15) is 10.1 Å². The zero-order chi connectivity index (χ0) is 19.2. The number of anilines is 1. The number of hydrogen-bond donors (Lipinski definition) is 2. The molecule has 0 saturated heterocycles. The second-order valence-electron chi connectivity index (χ2n) is 5.71. The van der Waals surface area contributed by atoms with Crippen LogP contribution in [0, 0.1) is 6.92 Å². The van der Waals surface area contributed by atoms with Crippen molar-refractivity contribution in [3.63, 3.8) is 0 Å². The molecule has 3 aromatic rings. The molecule has 0 aliphatic heterocycles. The molecule has 0 aliphatic rings. The molecule has 2 N–H and O–H groups in total. The summed E-state index contributed by atoms with van der Waals surface area (Å²) in [6, 6.07) is 9.47. The van der Waals surface area contributed by atoms with Gasteiger partial charge in [-0.1, -0.05) is 12.1 Å². The molecule has 0 unspecified atom stereocenters. The quantitative estimate of drug-likeness (QED) is 0.621. The van der Waals surface area contributed by atoms with Gasteiger partial charge in [0.05, 0.1) is 19.0 Å². The van der Waals surface area contributed by atoms with Crippen molar-refractivity contribution in [2.24, 2.45) is 0 Å². The van der Waals surface area contributed by atoms with Crippen LogP contribution in [0.15, 0.2) is 48.8 Å². The van der Waals surface area contributed by atoms with E-state index in [2.05, 4.69) is 20.4 Å². The molecule has 1 aromatic carbocycles. The Morgan fingerprint density at radius 1 is 1.30 bits per heavy atom. The lowest BCUT2D eigenvalue weighted by Gasteiger charge is -2.08. The summed E-state index contributed by atoms with van der Waals surface area (Å²) in [6.45, 7) is 2.42. The van der Waals surface area contributed by atoms with E-state index in [0.717, 1.165) is 23.1 Å². The molecule has 0 saturated carbocycles. The highest BCUT2D eigenvalue weighted by molar-refractivity contribution is 5.85. The average molecular weight is 365 g/mol. The Bertz CT molecular complexity index is 964. The van der Waals surface area contributed by atoms with Gasteiger partial charge in [-0.05, 0) is 30.7 Å². The zero-order valence-corrected chi connectivity index (χ0v) is 15.0. The second-order valence-corrected chi connectivity index (χ2v) is 5.71. The van der Waals surface area contributed by atoms with Crippen molar-refractivity contribution in [2.75, 3.05) is 12.4 Å². The minimum Gasteiger partial charge on any atom is -0.497 e. The highest BCUT2D eigenvalue weighted by Crippen LogP contribution is 2.16. The topological polar surface area (TPSA) is 102 Å². The largest absolute Gasteiger partial charge is 0.497 e. The Morgan fingerprint density at radius 2 is 2.07 bits per heavy atom. The molecular weight excluding hydrogens is 346 g/mol. The number of rotatable bonds is 7. The van der Waals surface area contributed by atoms with Crippen molar-refractivity contribution in [1.82, 2.24) is 19.7 Å². The standard InChI is InChI=1S/C19H19N5O3/c1-13-15(5-8-18(25)26)12-22-24(13)17-9-10-20-19(23-17)21-11-14-3-6-16(27-2)7-4-14/h3-10,12H,11H2,1-2H3,(H,25,26)(H,20,21,23). The SMILES string of the molecule is COc1ccc(CNc2nccc(-n3ncc(C=CC(=O)O)c3C)n2)cc1. The maximum Gasteiger partial charge on any atom is 0.328 e. The minimum atomic E-state index is -1.01. The summed E-state index contributed by atoms with van der Waals surface area (Å²) in [6.07, 6.45) is 5.83. The number of nitrogens with one attached hydrogen (secondary N) is 1. The zero-order valence-electron chi connectivity index (χ0n) is 15.0. The van der Waals surface area contributed by atoms with E-state index in [9.17, 15) is 4.79 Å². The Labute approximate surface area is 156 Å². The molecule has 138 valence electrons. The van der Waals surface area contributed by atoms with Gasteiger partial charge in [0.2, 0.25) is 5.95 Å². The van der Waals surface area contributed by atoms with Gasteiger partial charge in [0, 0.05) is 30.4 Å². The molecule has 0 atom stereocenters. The van der Waals surface area contributed by atoms with E-state index in [1.165, 1.54) is 6.08 Å². The van der Waals surface area contributed by atoms with Crippen molar-refractivity contribution < 1.29 is 14.6 Å². The van der Waals surface area contributed by atoms with Crippen LogP contribution in [-0.2, 0) is 11.3 Å². The molecule has 2 aromatic heterocycles.